The molecule has 0 radical (unpaired) electrons. The molecule has 0 saturated carbocycles. The minimum Gasteiger partial charge on any atom is -0.479 e. The Kier molecular flexibility index (Phi) is 4.61. The minimum absolute atomic E-state index is 0.163. The number of halogens is 1. The van der Waals surface area contributed by atoms with Crippen molar-refractivity contribution in [1.82, 2.24) is 10.2 Å². The lowest BCUT2D eigenvalue weighted by Crippen LogP contribution is -2.75. The number of hydrogen-bond acceptors (Lipinski definition) is 4. The molecule has 0 bridgehead atoms. The fourth-order valence-corrected chi connectivity index (χ4v) is 6.10. The van der Waals surface area contributed by atoms with Crippen LogP contribution in [0, 0.1) is 0 Å². The third-order valence-corrected chi connectivity index (χ3v) is 7.00. The van der Waals surface area contributed by atoms with Crippen molar-refractivity contribution in [3.63, 3.8) is 0 Å². The summed E-state index contributed by atoms with van der Waals surface area (Å²) in [4.78, 5) is 37.8. The molecule has 1 aromatic rings. The van der Waals surface area contributed by atoms with Gasteiger partial charge in [-0.2, -0.15) is 0 Å². The van der Waals surface area contributed by atoms with Gasteiger partial charge < -0.3 is 15.3 Å². The lowest BCUT2D eigenvalue weighted by atomic mass is 9.90. The van der Waals surface area contributed by atoms with Gasteiger partial charge in [-0.3, -0.25) is 9.59 Å². The third-order valence-electron chi connectivity index (χ3n) is 4.59. The van der Waals surface area contributed by atoms with Crippen molar-refractivity contribution in [2.75, 3.05) is 5.33 Å². The van der Waals surface area contributed by atoms with Gasteiger partial charge in [0.15, 0.2) is 5.54 Å². The van der Waals surface area contributed by atoms with Gasteiger partial charge >= 0.3 is 5.97 Å². The van der Waals surface area contributed by atoms with Gasteiger partial charge in [-0.05, 0) is 5.56 Å². The van der Waals surface area contributed by atoms with Crippen LogP contribution in [-0.2, 0) is 20.8 Å². The number of carboxylic acids is 1. The predicted octanol–water partition coefficient (Wildman–Crippen LogP) is 1.24. The molecule has 2 saturated heterocycles. The van der Waals surface area contributed by atoms with E-state index in [4.69, 9.17) is 0 Å². The van der Waals surface area contributed by atoms with Crippen LogP contribution in [0.25, 0.3) is 0 Å². The number of fused-ring (bicyclic) bond motifs is 1. The molecule has 8 heteroatoms. The summed E-state index contributed by atoms with van der Waals surface area (Å²) < 4.78 is 0. The normalized spacial score (nSPS) is 31.3. The number of hydrogen-bond donors (Lipinski definition) is 2. The van der Waals surface area contributed by atoms with E-state index in [0.29, 0.717) is 0 Å². The van der Waals surface area contributed by atoms with Crippen molar-refractivity contribution in [3.8, 4) is 0 Å². The summed E-state index contributed by atoms with van der Waals surface area (Å²) in [6, 6.07) is 8.61. The number of aliphatic carboxylic acids is 1. The Morgan fingerprint density at radius 3 is 2.62 bits per heavy atom. The first-order valence-corrected chi connectivity index (χ1v) is 9.59. The molecule has 2 aliphatic heterocycles. The van der Waals surface area contributed by atoms with Crippen molar-refractivity contribution in [2.24, 2.45) is 0 Å². The van der Waals surface area contributed by atoms with Gasteiger partial charge in [-0.1, -0.05) is 53.2 Å². The number of rotatable bonds is 5. The molecule has 2 heterocycles. The van der Waals surface area contributed by atoms with E-state index >= 15 is 0 Å². The largest absolute Gasteiger partial charge is 0.479 e. The van der Waals surface area contributed by atoms with Crippen molar-refractivity contribution < 1.29 is 19.5 Å². The first-order chi connectivity index (χ1) is 11.4. The maximum atomic E-state index is 12.5. The molecular formula is C16H17BrN2O4S. The zero-order chi connectivity index (χ0) is 17.5. The molecule has 1 aromatic carbocycles. The second-order valence-electron chi connectivity index (χ2n) is 5.95. The summed E-state index contributed by atoms with van der Waals surface area (Å²) >= 11 is 4.66. The molecule has 24 heavy (non-hydrogen) atoms. The van der Waals surface area contributed by atoms with E-state index < -0.39 is 17.6 Å². The Hall–Kier alpha value is -1.54. The number of nitrogens with one attached hydrogen (secondary N) is 1. The number of benzene rings is 1. The average molecular weight is 413 g/mol. The van der Waals surface area contributed by atoms with Crippen LogP contribution in [0.3, 0.4) is 0 Å². The van der Waals surface area contributed by atoms with E-state index in [-0.39, 0.29) is 34.2 Å². The molecule has 3 rings (SSSR count). The second kappa shape index (κ2) is 6.40. The van der Waals surface area contributed by atoms with E-state index in [9.17, 15) is 19.5 Å². The predicted molar refractivity (Wildman–Crippen MR) is 93.9 cm³/mol. The zero-order valence-corrected chi connectivity index (χ0v) is 15.3. The highest BCUT2D eigenvalue weighted by Gasteiger charge is 2.68. The number of amides is 2. The number of carboxylic acid groups (broad SMARTS) is 1. The highest BCUT2D eigenvalue weighted by molar-refractivity contribution is 9.09. The molecule has 128 valence electrons. The molecular weight excluding hydrogens is 396 g/mol. The van der Waals surface area contributed by atoms with Gasteiger partial charge in [0, 0.05) is 10.6 Å². The van der Waals surface area contributed by atoms with Gasteiger partial charge in [0.2, 0.25) is 11.8 Å². The maximum absolute atomic E-state index is 12.5. The highest BCUT2D eigenvalue weighted by Crippen LogP contribution is 2.51. The van der Waals surface area contributed by atoms with Gasteiger partial charge in [-0.15, -0.1) is 11.8 Å². The van der Waals surface area contributed by atoms with Crippen LogP contribution in [0.4, 0.5) is 0 Å². The number of alkyl halides is 1. The van der Waals surface area contributed by atoms with Crippen molar-refractivity contribution in [3.05, 3.63) is 35.9 Å². The monoisotopic (exact) mass is 412 g/mol. The standard InChI is InChI=1S/C16H17BrN2O4S/c1-9-16(8-17,15(22)23)19-13(21)12(14(19)24-9)18-11(20)7-10-5-3-2-4-6-10/h2-6,9,12,14H,7-8H2,1H3,(H,18,20)(H,22,23). The van der Waals surface area contributed by atoms with E-state index in [2.05, 4.69) is 21.2 Å². The number of carbonyl (C=O) groups excluding carboxylic acids is 2. The van der Waals surface area contributed by atoms with Crippen LogP contribution >= 0.6 is 27.7 Å². The van der Waals surface area contributed by atoms with Crippen molar-refractivity contribution in [1.29, 1.82) is 0 Å². The molecule has 0 spiro atoms. The fraction of sp³-hybridized carbons (Fsp3) is 0.438. The van der Waals surface area contributed by atoms with E-state index in [1.807, 2.05) is 30.3 Å². The highest BCUT2D eigenvalue weighted by atomic mass is 79.9. The lowest BCUT2D eigenvalue weighted by Gasteiger charge is -2.48. The number of nitrogens with zero attached hydrogens (tertiary/aromatic N) is 1. The Morgan fingerprint density at radius 2 is 2.04 bits per heavy atom. The minimum atomic E-state index is -1.26. The molecule has 2 fully saturated rings. The Labute approximate surface area is 152 Å². The molecule has 0 aromatic heterocycles. The van der Waals surface area contributed by atoms with E-state index in [1.165, 1.54) is 16.7 Å². The van der Waals surface area contributed by atoms with E-state index in [1.54, 1.807) is 6.92 Å². The van der Waals surface area contributed by atoms with Crippen LogP contribution in [0.1, 0.15) is 12.5 Å². The van der Waals surface area contributed by atoms with Gasteiger partial charge in [0.1, 0.15) is 11.4 Å². The number of carbonyl (C=O) groups is 3. The summed E-state index contributed by atoms with van der Waals surface area (Å²) in [5.41, 5.74) is -0.390. The topological polar surface area (TPSA) is 86.7 Å². The SMILES string of the molecule is CC1SC2C(NC(=O)Cc3ccccc3)C(=O)N2C1(CBr)C(=O)O. The molecule has 2 aliphatic rings. The Morgan fingerprint density at radius 1 is 1.38 bits per heavy atom. The molecule has 6 nitrogen and oxygen atoms in total. The summed E-state index contributed by atoms with van der Waals surface area (Å²) in [5.74, 6) is -1.59. The summed E-state index contributed by atoms with van der Waals surface area (Å²) in [6.45, 7) is 1.80. The molecule has 2 N–H and O–H groups in total. The molecule has 2 amide bonds. The average Bonchev–Trinajstić information content (AvgIpc) is 2.84. The van der Waals surface area contributed by atoms with Gasteiger partial charge in [-0.25, -0.2) is 4.79 Å². The third kappa shape index (κ3) is 2.52. The van der Waals surface area contributed by atoms with Crippen LogP contribution in [-0.4, -0.2) is 55.3 Å². The second-order valence-corrected chi connectivity index (χ2v) is 7.97. The van der Waals surface area contributed by atoms with E-state index in [0.717, 1.165) is 5.56 Å². The Bertz CT molecular complexity index is 686. The number of β-lactam (4-membered cyclic amide) rings is 1. The van der Waals surface area contributed by atoms with Crippen LogP contribution in [0.5, 0.6) is 0 Å². The van der Waals surface area contributed by atoms with Gasteiger partial charge in [0.05, 0.1) is 6.42 Å². The quantitative estimate of drug-likeness (QED) is 0.561. The first kappa shape index (κ1) is 17.3. The maximum Gasteiger partial charge on any atom is 0.331 e. The summed E-state index contributed by atoms with van der Waals surface area (Å²) in [6.07, 6.45) is 0.195. The molecule has 0 aliphatic carbocycles. The van der Waals surface area contributed by atoms with Gasteiger partial charge in [0.25, 0.3) is 0 Å². The van der Waals surface area contributed by atoms with Crippen LogP contribution < -0.4 is 5.32 Å². The smallest absolute Gasteiger partial charge is 0.331 e. The summed E-state index contributed by atoms with van der Waals surface area (Å²) in [5, 5.41) is 11.9. The first-order valence-electron chi connectivity index (χ1n) is 7.53. The van der Waals surface area contributed by atoms with Crippen LogP contribution in [0.15, 0.2) is 30.3 Å². The molecule has 4 atom stereocenters. The van der Waals surface area contributed by atoms with Crippen LogP contribution in [0.2, 0.25) is 0 Å². The molecule has 4 unspecified atom stereocenters. The summed E-state index contributed by atoms with van der Waals surface area (Å²) in [7, 11) is 0. The Balaban J connectivity index is 1.70. The van der Waals surface area contributed by atoms with Crippen molar-refractivity contribution in [2.45, 2.75) is 35.5 Å². The zero-order valence-electron chi connectivity index (χ0n) is 12.9. The number of thioether (sulfide) groups is 1. The lowest BCUT2D eigenvalue weighted by molar-refractivity contribution is -0.167. The fourth-order valence-electron chi connectivity index (χ4n) is 3.19. The van der Waals surface area contributed by atoms with Crippen molar-refractivity contribution >= 4 is 45.5 Å².